The Kier molecular flexibility index (Phi) is 4.27. The van der Waals surface area contributed by atoms with Gasteiger partial charge >= 0.3 is 12.1 Å². The average molecular weight is 286 g/mol. The maximum atomic E-state index is 12.1. The Bertz CT molecular complexity index is 414. The van der Waals surface area contributed by atoms with E-state index >= 15 is 0 Å². The summed E-state index contributed by atoms with van der Waals surface area (Å²) in [6.07, 6.45) is -4.88. The minimum Gasteiger partial charge on any atom is -0.334 e. The summed E-state index contributed by atoms with van der Waals surface area (Å²) in [6.45, 7) is -0.210. The predicted octanol–water partition coefficient (Wildman–Crippen LogP) is 3.51. The molecule has 0 aliphatic rings. The molecule has 1 rings (SSSR count). The van der Waals surface area contributed by atoms with Gasteiger partial charge in [-0.1, -0.05) is 23.2 Å². The monoisotopic (exact) mass is 285 g/mol. The molecule has 0 unspecified atom stereocenters. The number of hydrogen-bond acceptors (Lipinski definition) is 1. The number of rotatable bonds is 2. The number of carbonyl (C=O) groups excluding carboxylic acids is 1. The molecule has 0 saturated heterocycles. The lowest BCUT2D eigenvalue weighted by Gasteiger charge is -2.18. The highest BCUT2D eigenvalue weighted by Gasteiger charge is 2.41. The Hall–Kier alpha value is -0.940. The van der Waals surface area contributed by atoms with E-state index in [9.17, 15) is 18.0 Å². The Morgan fingerprint density at radius 1 is 1.24 bits per heavy atom. The first-order chi connectivity index (χ1) is 7.70. The van der Waals surface area contributed by atoms with Gasteiger partial charge in [-0.05, 0) is 23.8 Å². The van der Waals surface area contributed by atoms with E-state index in [-0.39, 0.29) is 6.54 Å². The molecule has 1 amide bonds. The second-order valence-corrected chi connectivity index (χ2v) is 4.31. The predicted molar refractivity (Wildman–Crippen MR) is 59.0 cm³/mol. The minimum absolute atomic E-state index is 0.210. The SMILES string of the molecule is CN(Cc1cc(Cl)cc(Cl)c1)C(=O)C(F)(F)F. The molecular formula is C10H8Cl2F3NO. The second kappa shape index (κ2) is 5.14. The zero-order valence-electron chi connectivity index (χ0n) is 8.68. The Labute approximate surface area is 106 Å². The smallest absolute Gasteiger partial charge is 0.334 e. The normalized spacial score (nSPS) is 11.4. The molecule has 1 aromatic rings. The van der Waals surface area contributed by atoms with Gasteiger partial charge in [-0.25, -0.2) is 0 Å². The van der Waals surface area contributed by atoms with E-state index in [4.69, 9.17) is 23.2 Å². The van der Waals surface area contributed by atoms with Crippen LogP contribution in [0.3, 0.4) is 0 Å². The molecule has 94 valence electrons. The van der Waals surface area contributed by atoms with Gasteiger partial charge in [0.2, 0.25) is 0 Å². The van der Waals surface area contributed by atoms with E-state index in [0.29, 0.717) is 20.5 Å². The summed E-state index contributed by atoms with van der Waals surface area (Å²) in [5.41, 5.74) is 0.433. The molecule has 0 bridgehead atoms. The fourth-order valence-electron chi connectivity index (χ4n) is 1.26. The molecule has 17 heavy (non-hydrogen) atoms. The lowest BCUT2D eigenvalue weighted by molar-refractivity contribution is -0.184. The minimum atomic E-state index is -4.88. The maximum Gasteiger partial charge on any atom is 0.471 e. The highest BCUT2D eigenvalue weighted by atomic mass is 35.5. The van der Waals surface area contributed by atoms with Crippen molar-refractivity contribution in [2.75, 3.05) is 7.05 Å². The summed E-state index contributed by atoms with van der Waals surface area (Å²) in [5, 5.41) is 0.612. The van der Waals surface area contributed by atoms with Crippen LogP contribution < -0.4 is 0 Å². The van der Waals surface area contributed by atoms with Gasteiger partial charge in [-0.15, -0.1) is 0 Å². The molecule has 0 aliphatic heterocycles. The van der Waals surface area contributed by atoms with E-state index in [1.807, 2.05) is 0 Å². The molecule has 2 nitrogen and oxygen atoms in total. The molecule has 0 fully saturated rings. The highest BCUT2D eigenvalue weighted by Crippen LogP contribution is 2.22. The molecule has 0 heterocycles. The van der Waals surface area contributed by atoms with Crippen LogP contribution in [-0.2, 0) is 11.3 Å². The number of alkyl halides is 3. The number of amides is 1. The zero-order valence-corrected chi connectivity index (χ0v) is 10.2. The highest BCUT2D eigenvalue weighted by molar-refractivity contribution is 6.34. The topological polar surface area (TPSA) is 20.3 Å². The van der Waals surface area contributed by atoms with Gasteiger partial charge in [0.15, 0.2) is 0 Å². The van der Waals surface area contributed by atoms with Crippen LogP contribution in [-0.4, -0.2) is 24.0 Å². The van der Waals surface area contributed by atoms with Crippen LogP contribution in [0.5, 0.6) is 0 Å². The van der Waals surface area contributed by atoms with E-state index in [1.54, 1.807) is 0 Å². The Morgan fingerprint density at radius 2 is 1.71 bits per heavy atom. The number of carbonyl (C=O) groups is 1. The van der Waals surface area contributed by atoms with Crippen molar-refractivity contribution < 1.29 is 18.0 Å². The summed E-state index contributed by atoms with van der Waals surface area (Å²) in [5.74, 6) is -1.91. The molecule has 0 aromatic heterocycles. The molecule has 0 radical (unpaired) electrons. The van der Waals surface area contributed by atoms with Gasteiger partial charge < -0.3 is 4.90 Å². The maximum absolute atomic E-state index is 12.1. The summed E-state index contributed by atoms with van der Waals surface area (Å²) >= 11 is 11.4. The average Bonchev–Trinajstić information content (AvgIpc) is 2.13. The number of nitrogens with zero attached hydrogens (tertiary/aromatic N) is 1. The van der Waals surface area contributed by atoms with Crippen molar-refractivity contribution in [2.45, 2.75) is 12.7 Å². The fraction of sp³-hybridized carbons (Fsp3) is 0.300. The van der Waals surface area contributed by atoms with E-state index in [0.717, 1.165) is 7.05 Å². The van der Waals surface area contributed by atoms with Crippen molar-refractivity contribution in [3.63, 3.8) is 0 Å². The van der Waals surface area contributed by atoms with Crippen LogP contribution in [0.25, 0.3) is 0 Å². The van der Waals surface area contributed by atoms with Crippen LogP contribution in [0.2, 0.25) is 10.0 Å². The first-order valence-electron chi connectivity index (χ1n) is 4.47. The zero-order chi connectivity index (χ0) is 13.2. The molecule has 1 aromatic carbocycles. The summed E-state index contributed by atoms with van der Waals surface area (Å²) in [7, 11) is 1.06. The van der Waals surface area contributed by atoms with Crippen molar-refractivity contribution in [1.29, 1.82) is 0 Å². The number of hydrogen-bond donors (Lipinski definition) is 0. The van der Waals surface area contributed by atoms with Crippen LogP contribution >= 0.6 is 23.2 Å². The van der Waals surface area contributed by atoms with Gasteiger partial charge in [0, 0.05) is 23.6 Å². The van der Waals surface area contributed by atoms with Crippen molar-refractivity contribution in [3.8, 4) is 0 Å². The third-order valence-electron chi connectivity index (χ3n) is 1.93. The largest absolute Gasteiger partial charge is 0.471 e. The molecular weight excluding hydrogens is 278 g/mol. The van der Waals surface area contributed by atoms with E-state index < -0.39 is 12.1 Å². The third-order valence-corrected chi connectivity index (χ3v) is 2.37. The van der Waals surface area contributed by atoms with Crippen molar-refractivity contribution >= 4 is 29.1 Å². The van der Waals surface area contributed by atoms with Gasteiger partial charge in [0.25, 0.3) is 0 Å². The molecule has 0 spiro atoms. The Morgan fingerprint density at radius 3 is 2.12 bits per heavy atom. The lowest BCUT2D eigenvalue weighted by Crippen LogP contribution is -2.37. The first kappa shape index (κ1) is 14.1. The van der Waals surface area contributed by atoms with Crippen molar-refractivity contribution in [1.82, 2.24) is 4.90 Å². The quantitative estimate of drug-likeness (QED) is 0.814. The second-order valence-electron chi connectivity index (χ2n) is 3.44. The first-order valence-corrected chi connectivity index (χ1v) is 5.23. The van der Waals surface area contributed by atoms with E-state index in [2.05, 4.69) is 0 Å². The van der Waals surface area contributed by atoms with Crippen LogP contribution in [0.15, 0.2) is 18.2 Å². The lowest BCUT2D eigenvalue weighted by atomic mass is 10.2. The Balaban J connectivity index is 2.81. The summed E-state index contributed by atoms with van der Waals surface area (Å²) in [6, 6.07) is 4.36. The van der Waals surface area contributed by atoms with Gasteiger partial charge in [0.1, 0.15) is 0 Å². The number of benzene rings is 1. The molecule has 0 atom stereocenters. The fourth-order valence-corrected chi connectivity index (χ4v) is 1.84. The van der Waals surface area contributed by atoms with Gasteiger partial charge in [-0.2, -0.15) is 13.2 Å². The van der Waals surface area contributed by atoms with Crippen molar-refractivity contribution in [2.24, 2.45) is 0 Å². The van der Waals surface area contributed by atoms with Crippen LogP contribution in [0, 0.1) is 0 Å². The third kappa shape index (κ3) is 4.09. The molecule has 0 aliphatic carbocycles. The summed E-state index contributed by atoms with van der Waals surface area (Å²) in [4.78, 5) is 11.4. The summed E-state index contributed by atoms with van der Waals surface area (Å²) < 4.78 is 36.4. The molecule has 0 saturated carbocycles. The standard InChI is InChI=1S/C10H8Cl2F3NO/c1-16(9(17)10(13,14)15)5-6-2-7(11)4-8(12)3-6/h2-4H,5H2,1H3. The van der Waals surface area contributed by atoms with Crippen LogP contribution in [0.4, 0.5) is 13.2 Å². The van der Waals surface area contributed by atoms with Gasteiger partial charge in [0.05, 0.1) is 0 Å². The van der Waals surface area contributed by atoms with E-state index in [1.165, 1.54) is 18.2 Å². The molecule has 0 N–H and O–H groups in total. The van der Waals surface area contributed by atoms with Crippen LogP contribution in [0.1, 0.15) is 5.56 Å². The van der Waals surface area contributed by atoms with Gasteiger partial charge in [-0.3, -0.25) is 4.79 Å². The number of halogens is 5. The van der Waals surface area contributed by atoms with Crippen molar-refractivity contribution in [3.05, 3.63) is 33.8 Å². The molecule has 7 heteroatoms.